The standard InChI is InChI=1S/C11H16BrNO3S2/c1-8-6-9(17-10(8)12)18(14,15)13-4-5-16-11(2,3)7-13/h6H,4-5,7H2,1-3H3. The maximum Gasteiger partial charge on any atom is 0.252 e. The number of ether oxygens (including phenoxy) is 1. The third kappa shape index (κ3) is 2.80. The van der Waals surface area contributed by atoms with Gasteiger partial charge in [0.15, 0.2) is 0 Å². The first-order valence-corrected chi connectivity index (χ1v) is 8.67. The summed E-state index contributed by atoms with van der Waals surface area (Å²) in [7, 11) is -3.39. The van der Waals surface area contributed by atoms with Gasteiger partial charge in [-0.2, -0.15) is 4.31 Å². The van der Waals surface area contributed by atoms with Gasteiger partial charge in [-0.3, -0.25) is 0 Å². The first-order chi connectivity index (χ1) is 8.22. The van der Waals surface area contributed by atoms with Gasteiger partial charge in [-0.1, -0.05) is 0 Å². The van der Waals surface area contributed by atoms with Crippen LogP contribution >= 0.6 is 27.3 Å². The lowest BCUT2D eigenvalue weighted by atomic mass is 10.1. The van der Waals surface area contributed by atoms with Crippen LogP contribution in [0.2, 0.25) is 0 Å². The number of thiophene rings is 1. The third-order valence-corrected chi connectivity index (χ3v) is 7.25. The number of morpholine rings is 1. The fraction of sp³-hybridized carbons (Fsp3) is 0.636. The Labute approximate surface area is 120 Å². The van der Waals surface area contributed by atoms with Crippen LogP contribution in [0.4, 0.5) is 0 Å². The molecule has 0 aromatic carbocycles. The molecule has 0 amide bonds. The zero-order valence-corrected chi connectivity index (χ0v) is 13.8. The van der Waals surface area contributed by atoms with E-state index in [0.29, 0.717) is 23.9 Å². The SMILES string of the molecule is Cc1cc(S(=O)(=O)N2CCOC(C)(C)C2)sc1Br. The zero-order valence-electron chi connectivity index (χ0n) is 10.6. The Bertz CT molecular complexity index is 531. The van der Waals surface area contributed by atoms with E-state index < -0.39 is 15.6 Å². The van der Waals surface area contributed by atoms with Crippen LogP contribution in [0.3, 0.4) is 0 Å². The number of nitrogens with zero attached hydrogens (tertiary/aromatic N) is 1. The van der Waals surface area contributed by atoms with Crippen molar-refractivity contribution in [2.75, 3.05) is 19.7 Å². The average Bonchev–Trinajstić information content (AvgIpc) is 2.58. The van der Waals surface area contributed by atoms with Gasteiger partial charge >= 0.3 is 0 Å². The van der Waals surface area contributed by atoms with E-state index in [4.69, 9.17) is 4.74 Å². The highest BCUT2D eigenvalue weighted by atomic mass is 79.9. The Kier molecular flexibility index (Phi) is 3.91. The third-order valence-electron chi connectivity index (χ3n) is 2.82. The van der Waals surface area contributed by atoms with E-state index in [9.17, 15) is 8.42 Å². The van der Waals surface area contributed by atoms with Crippen LogP contribution in [0.15, 0.2) is 14.1 Å². The average molecular weight is 354 g/mol. The van der Waals surface area contributed by atoms with Gasteiger partial charge in [0.05, 0.1) is 16.0 Å². The highest BCUT2D eigenvalue weighted by Gasteiger charge is 2.35. The van der Waals surface area contributed by atoms with Crippen molar-refractivity contribution in [2.45, 2.75) is 30.6 Å². The van der Waals surface area contributed by atoms with Gasteiger partial charge in [-0.05, 0) is 48.3 Å². The van der Waals surface area contributed by atoms with Gasteiger partial charge in [-0.25, -0.2) is 8.42 Å². The first-order valence-electron chi connectivity index (χ1n) is 5.62. The molecule has 2 rings (SSSR count). The molecular weight excluding hydrogens is 338 g/mol. The van der Waals surface area contributed by atoms with Gasteiger partial charge < -0.3 is 4.74 Å². The van der Waals surface area contributed by atoms with E-state index in [0.717, 1.165) is 9.35 Å². The second kappa shape index (κ2) is 4.86. The summed E-state index contributed by atoms with van der Waals surface area (Å²) in [4.78, 5) is 0. The normalized spacial score (nSPS) is 21.1. The van der Waals surface area contributed by atoms with Gasteiger partial charge in [0, 0.05) is 13.1 Å². The second-order valence-corrected chi connectivity index (χ2v) is 9.50. The van der Waals surface area contributed by atoms with E-state index in [1.807, 2.05) is 20.8 Å². The van der Waals surface area contributed by atoms with Gasteiger partial charge in [0.1, 0.15) is 4.21 Å². The predicted octanol–water partition coefficient (Wildman–Crippen LogP) is 2.62. The zero-order chi connectivity index (χ0) is 13.6. The topological polar surface area (TPSA) is 46.6 Å². The molecule has 0 radical (unpaired) electrons. The van der Waals surface area contributed by atoms with Crippen molar-refractivity contribution in [3.63, 3.8) is 0 Å². The summed E-state index contributed by atoms with van der Waals surface area (Å²) in [6.07, 6.45) is 0. The fourth-order valence-corrected chi connectivity index (χ4v) is 5.82. The van der Waals surface area contributed by atoms with Crippen LogP contribution in [0.1, 0.15) is 19.4 Å². The van der Waals surface area contributed by atoms with Gasteiger partial charge in [0.2, 0.25) is 0 Å². The lowest BCUT2D eigenvalue weighted by Crippen LogP contribution is -2.50. The number of hydrogen-bond acceptors (Lipinski definition) is 4. The summed E-state index contributed by atoms with van der Waals surface area (Å²) in [6, 6.07) is 1.71. The van der Waals surface area contributed by atoms with Crippen LogP contribution in [-0.4, -0.2) is 38.0 Å². The number of rotatable bonds is 2. The van der Waals surface area contributed by atoms with E-state index in [1.165, 1.54) is 15.6 Å². The Hall–Kier alpha value is 0.0500. The van der Waals surface area contributed by atoms with E-state index in [2.05, 4.69) is 15.9 Å². The molecule has 0 aliphatic carbocycles. The fourth-order valence-electron chi connectivity index (χ4n) is 1.86. The molecule has 1 aromatic heterocycles. The van der Waals surface area contributed by atoms with Crippen LogP contribution in [0, 0.1) is 6.92 Å². The molecule has 1 aromatic rings. The van der Waals surface area contributed by atoms with Crippen LogP contribution in [-0.2, 0) is 14.8 Å². The summed E-state index contributed by atoms with van der Waals surface area (Å²) < 4.78 is 33.3. The highest BCUT2D eigenvalue weighted by Crippen LogP contribution is 2.33. The number of sulfonamides is 1. The summed E-state index contributed by atoms with van der Waals surface area (Å²) in [5.41, 5.74) is 0.528. The summed E-state index contributed by atoms with van der Waals surface area (Å²) in [5.74, 6) is 0. The van der Waals surface area contributed by atoms with E-state index >= 15 is 0 Å². The number of aryl methyl sites for hydroxylation is 1. The maximum absolute atomic E-state index is 12.5. The number of hydrogen-bond donors (Lipinski definition) is 0. The molecule has 0 atom stereocenters. The molecule has 0 unspecified atom stereocenters. The molecule has 0 saturated carbocycles. The Morgan fingerprint density at radius 2 is 2.17 bits per heavy atom. The quantitative estimate of drug-likeness (QED) is 0.820. The first kappa shape index (κ1) is 14.5. The van der Waals surface area contributed by atoms with Crippen molar-refractivity contribution in [3.8, 4) is 0 Å². The number of halogens is 1. The Balaban J connectivity index is 2.31. The minimum absolute atomic E-state index is 0.393. The molecule has 0 bridgehead atoms. The van der Waals surface area contributed by atoms with Crippen molar-refractivity contribution < 1.29 is 13.2 Å². The van der Waals surface area contributed by atoms with Gasteiger partial charge in [0.25, 0.3) is 10.0 Å². The van der Waals surface area contributed by atoms with Crippen molar-refractivity contribution in [2.24, 2.45) is 0 Å². The molecule has 1 aliphatic heterocycles. The molecule has 0 N–H and O–H groups in total. The molecular formula is C11H16BrNO3S2. The molecule has 1 saturated heterocycles. The molecule has 1 aliphatic rings. The van der Waals surface area contributed by atoms with Gasteiger partial charge in [-0.15, -0.1) is 11.3 Å². The Morgan fingerprint density at radius 1 is 1.50 bits per heavy atom. The minimum atomic E-state index is -3.39. The van der Waals surface area contributed by atoms with Crippen LogP contribution in [0.25, 0.3) is 0 Å². The largest absolute Gasteiger partial charge is 0.373 e. The predicted molar refractivity (Wildman–Crippen MR) is 75.5 cm³/mol. The lowest BCUT2D eigenvalue weighted by Gasteiger charge is -2.36. The van der Waals surface area contributed by atoms with Crippen molar-refractivity contribution in [1.82, 2.24) is 4.31 Å². The molecule has 0 spiro atoms. The summed E-state index contributed by atoms with van der Waals surface area (Å²) in [6.45, 7) is 6.96. The summed E-state index contributed by atoms with van der Waals surface area (Å²) in [5, 5.41) is 0. The highest BCUT2D eigenvalue weighted by molar-refractivity contribution is 9.11. The molecule has 102 valence electrons. The Morgan fingerprint density at radius 3 is 2.67 bits per heavy atom. The van der Waals surface area contributed by atoms with E-state index in [-0.39, 0.29) is 0 Å². The minimum Gasteiger partial charge on any atom is -0.373 e. The lowest BCUT2D eigenvalue weighted by molar-refractivity contribution is -0.0639. The van der Waals surface area contributed by atoms with E-state index in [1.54, 1.807) is 6.07 Å². The van der Waals surface area contributed by atoms with Crippen LogP contribution in [0.5, 0.6) is 0 Å². The smallest absolute Gasteiger partial charge is 0.252 e. The van der Waals surface area contributed by atoms with Crippen molar-refractivity contribution in [3.05, 3.63) is 15.4 Å². The molecule has 7 heteroatoms. The maximum atomic E-state index is 12.5. The molecule has 18 heavy (non-hydrogen) atoms. The molecule has 2 heterocycles. The van der Waals surface area contributed by atoms with Crippen molar-refractivity contribution in [1.29, 1.82) is 0 Å². The van der Waals surface area contributed by atoms with Crippen molar-refractivity contribution >= 4 is 37.3 Å². The molecule has 4 nitrogen and oxygen atoms in total. The molecule has 1 fully saturated rings. The second-order valence-electron chi connectivity index (χ2n) is 4.97. The van der Waals surface area contributed by atoms with Crippen LogP contribution < -0.4 is 0 Å². The summed E-state index contributed by atoms with van der Waals surface area (Å²) >= 11 is 4.63. The monoisotopic (exact) mass is 353 g/mol.